The van der Waals surface area contributed by atoms with Crippen LogP contribution in [0.25, 0.3) is 0 Å². The van der Waals surface area contributed by atoms with Crippen molar-refractivity contribution < 1.29 is 4.79 Å². The average molecular weight is 412 g/mol. The van der Waals surface area contributed by atoms with Crippen LogP contribution >= 0.6 is 43.2 Å². The fraction of sp³-hybridized carbons (Fsp3) is 0.353. The second-order valence-corrected chi connectivity index (χ2v) is 9.75. The standard InChI is InChI=1S/C17H21N3OS4/c1-2-17(21)20(11-13-22-24-15-7-3-5-9-18-15)12-14-23-25-16-8-4-6-10-19-16/h3-10H,2,11-14H2,1H3. The first-order chi connectivity index (χ1) is 12.3. The van der Waals surface area contributed by atoms with Crippen LogP contribution in [-0.4, -0.2) is 45.4 Å². The molecule has 0 atom stereocenters. The fourth-order valence-corrected chi connectivity index (χ4v) is 5.61. The number of hydrogen-bond donors (Lipinski definition) is 0. The van der Waals surface area contributed by atoms with Crippen LogP contribution < -0.4 is 0 Å². The van der Waals surface area contributed by atoms with Crippen molar-refractivity contribution in [3.63, 3.8) is 0 Å². The zero-order valence-electron chi connectivity index (χ0n) is 14.0. The minimum absolute atomic E-state index is 0.215. The maximum Gasteiger partial charge on any atom is 0.222 e. The molecule has 134 valence electrons. The Bertz CT molecular complexity index is 568. The molecule has 0 radical (unpaired) electrons. The molecule has 0 saturated heterocycles. The Morgan fingerprint density at radius 3 is 1.84 bits per heavy atom. The van der Waals surface area contributed by atoms with Gasteiger partial charge in [-0.15, -0.1) is 0 Å². The first kappa shape index (κ1) is 20.5. The summed E-state index contributed by atoms with van der Waals surface area (Å²) in [5.74, 6) is 2.00. The predicted octanol–water partition coefficient (Wildman–Crippen LogP) is 4.90. The van der Waals surface area contributed by atoms with Gasteiger partial charge in [0.1, 0.15) is 10.1 Å². The monoisotopic (exact) mass is 411 g/mol. The molecule has 0 spiro atoms. The third-order valence-corrected chi connectivity index (χ3v) is 7.60. The van der Waals surface area contributed by atoms with E-state index in [9.17, 15) is 4.79 Å². The van der Waals surface area contributed by atoms with Gasteiger partial charge >= 0.3 is 0 Å². The van der Waals surface area contributed by atoms with Gasteiger partial charge in [-0.3, -0.25) is 4.79 Å². The summed E-state index contributed by atoms with van der Waals surface area (Å²) >= 11 is 0. The van der Waals surface area contributed by atoms with Gasteiger partial charge in [-0.25, -0.2) is 9.97 Å². The number of aromatic nitrogens is 2. The molecule has 0 bridgehead atoms. The molecule has 1 amide bonds. The number of hydrogen-bond acceptors (Lipinski definition) is 7. The van der Waals surface area contributed by atoms with E-state index in [0.717, 1.165) is 34.6 Å². The minimum atomic E-state index is 0.215. The van der Waals surface area contributed by atoms with Gasteiger partial charge in [0, 0.05) is 43.4 Å². The van der Waals surface area contributed by atoms with Crippen LogP contribution in [0.2, 0.25) is 0 Å². The predicted molar refractivity (Wildman–Crippen MR) is 112 cm³/mol. The summed E-state index contributed by atoms with van der Waals surface area (Å²) in [5, 5.41) is 2.01. The van der Waals surface area contributed by atoms with Crippen LogP contribution in [0.5, 0.6) is 0 Å². The lowest BCUT2D eigenvalue weighted by Gasteiger charge is -2.21. The highest BCUT2D eigenvalue weighted by molar-refractivity contribution is 8.77. The molecule has 2 aromatic heterocycles. The molecule has 2 rings (SSSR count). The molecule has 4 nitrogen and oxygen atoms in total. The van der Waals surface area contributed by atoms with Crippen molar-refractivity contribution in [2.24, 2.45) is 0 Å². The van der Waals surface area contributed by atoms with E-state index in [1.54, 1.807) is 55.6 Å². The number of carbonyl (C=O) groups excluding carboxylic acids is 1. The Balaban J connectivity index is 1.66. The molecule has 0 aromatic carbocycles. The van der Waals surface area contributed by atoms with E-state index in [4.69, 9.17) is 0 Å². The molecule has 0 unspecified atom stereocenters. The summed E-state index contributed by atoms with van der Waals surface area (Å²) < 4.78 is 0. The number of carbonyl (C=O) groups is 1. The van der Waals surface area contributed by atoms with Crippen molar-refractivity contribution in [1.82, 2.24) is 14.9 Å². The zero-order chi connectivity index (χ0) is 17.7. The third-order valence-electron chi connectivity index (χ3n) is 3.11. The molecule has 0 fully saturated rings. The van der Waals surface area contributed by atoms with Crippen LogP contribution in [0, 0.1) is 0 Å². The smallest absolute Gasteiger partial charge is 0.222 e. The van der Waals surface area contributed by atoms with Gasteiger partial charge in [0.2, 0.25) is 5.91 Å². The van der Waals surface area contributed by atoms with Crippen LogP contribution in [0.1, 0.15) is 13.3 Å². The van der Waals surface area contributed by atoms with Crippen LogP contribution in [0.15, 0.2) is 58.8 Å². The lowest BCUT2D eigenvalue weighted by molar-refractivity contribution is -0.130. The highest BCUT2D eigenvalue weighted by Crippen LogP contribution is 2.30. The van der Waals surface area contributed by atoms with E-state index in [1.165, 1.54) is 0 Å². The van der Waals surface area contributed by atoms with Gasteiger partial charge in [0.15, 0.2) is 0 Å². The summed E-state index contributed by atoms with van der Waals surface area (Å²) in [5.41, 5.74) is 0. The van der Waals surface area contributed by atoms with E-state index in [-0.39, 0.29) is 5.91 Å². The molecule has 0 aliphatic carbocycles. The first-order valence-electron chi connectivity index (χ1n) is 7.98. The summed E-state index contributed by atoms with van der Waals surface area (Å²) in [4.78, 5) is 22.6. The van der Waals surface area contributed by atoms with Crippen molar-refractivity contribution in [3.05, 3.63) is 48.8 Å². The Labute approximate surface area is 165 Å². The Morgan fingerprint density at radius 1 is 0.920 bits per heavy atom. The second kappa shape index (κ2) is 12.5. The molecule has 2 heterocycles. The van der Waals surface area contributed by atoms with Crippen molar-refractivity contribution in [1.29, 1.82) is 0 Å². The van der Waals surface area contributed by atoms with E-state index in [2.05, 4.69) is 9.97 Å². The quantitative estimate of drug-likeness (QED) is 0.385. The number of pyridine rings is 2. The van der Waals surface area contributed by atoms with E-state index in [1.807, 2.05) is 48.2 Å². The van der Waals surface area contributed by atoms with Crippen molar-refractivity contribution in [2.45, 2.75) is 23.4 Å². The SMILES string of the molecule is CCC(=O)N(CCSSc1ccccn1)CCSSc1ccccn1. The molecule has 0 aliphatic heterocycles. The largest absolute Gasteiger partial charge is 0.341 e. The number of rotatable bonds is 11. The van der Waals surface area contributed by atoms with Crippen LogP contribution in [0.3, 0.4) is 0 Å². The van der Waals surface area contributed by atoms with Crippen molar-refractivity contribution in [2.75, 3.05) is 24.6 Å². The third kappa shape index (κ3) is 8.40. The molecule has 2 aromatic rings. The van der Waals surface area contributed by atoms with E-state index >= 15 is 0 Å². The van der Waals surface area contributed by atoms with Gasteiger partial charge in [0.05, 0.1) is 0 Å². The number of amides is 1. The Kier molecular flexibility index (Phi) is 10.3. The molecule has 0 saturated carbocycles. The Morgan fingerprint density at radius 2 is 1.44 bits per heavy atom. The lowest BCUT2D eigenvalue weighted by atomic mass is 10.4. The highest BCUT2D eigenvalue weighted by atomic mass is 33.1. The maximum absolute atomic E-state index is 12.1. The van der Waals surface area contributed by atoms with Crippen LogP contribution in [-0.2, 0) is 4.79 Å². The zero-order valence-corrected chi connectivity index (χ0v) is 17.3. The van der Waals surface area contributed by atoms with Gasteiger partial charge in [-0.2, -0.15) is 0 Å². The first-order valence-corrected chi connectivity index (χ1v) is 12.6. The van der Waals surface area contributed by atoms with Gasteiger partial charge in [-0.05, 0) is 45.9 Å². The van der Waals surface area contributed by atoms with Crippen molar-refractivity contribution >= 4 is 49.1 Å². The maximum atomic E-state index is 12.1. The topological polar surface area (TPSA) is 46.1 Å². The normalized spacial score (nSPS) is 10.6. The summed E-state index contributed by atoms with van der Waals surface area (Å²) in [7, 11) is 6.79. The van der Waals surface area contributed by atoms with Crippen molar-refractivity contribution in [3.8, 4) is 0 Å². The molecular weight excluding hydrogens is 390 g/mol. The molecular formula is C17H21N3OS4. The summed E-state index contributed by atoms with van der Waals surface area (Å²) in [6.45, 7) is 3.46. The summed E-state index contributed by atoms with van der Waals surface area (Å²) in [6, 6.07) is 11.8. The molecule has 25 heavy (non-hydrogen) atoms. The highest BCUT2D eigenvalue weighted by Gasteiger charge is 2.11. The molecule has 0 aliphatic rings. The summed E-state index contributed by atoms with van der Waals surface area (Å²) in [6.07, 6.45) is 4.15. The average Bonchev–Trinajstić information content (AvgIpc) is 2.67. The van der Waals surface area contributed by atoms with E-state index < -0.39 is 0 Å². The molecule has 0 N–H and O–H groups in total. The Hall–Kier alpha value is -0.830. The van der Waals surface area contributed by atoms with Gasteiger partial charge < -0.3 is 4.90 Å². The van der Waals surface area contributed by atoms with Gasteiger partial charge in [-0.1, -0.05) is 40.6 Å². The lowest BCUT2D eigenvalue weighted by Crippen LogP contribution is -2.34. The number of nitrogens with zero attached hydrogens (tertiary/aromatic N) is 3. The van der Waals surface area contributed by atoms with E-state index in [0.29, 0.717) is 6.42 Å². The minimum Gasteiger partial charge on any atom is -0.341 e. The van der Waals surface area contributed by atoms with Crippen LogP contribution in [0.4, 0.5) is 0 Å². The molecule has 8 heteroatoms. The van der Waals surface area contributed by atoms with Gasteiger partial charge in [0.25, 0.3) is 0 Å². The second-order valence-electron chi connectivity index (χ2n) is 4.88. The fourth-order valence-electron chi connectivity index (χ4n) is 1.88.